The van der Waals surface area contributed by atoms with Gasteiger partial charge < -0.3 is 46.6 Å². The van der Waals surface area contributed by atoms with Crippen LogP contribution in [0.25, 0.3) is 0 Å². The Morgan fingerprint density at radius 1 is 0.741 bits per heavy atom. The van der Waals surface area contributed by atoms with E-state index in [1.165, 1.54) is 0 Å². The minimum atomic E-state index is -1.39. The first kappa shape index (κ1) is 45.5. The van der Waals surface area contributed by atoms with Crippen molar-refractivity contribution in [2.75, 3.05) is 32.7 Å². The summed E-state index contributed by atoms with van der Waals surface area (Å²) in [5, 5.41) is 26.5. The lowest BCUT2D eigenvalue weighted by Crippen LogP contribution is -2.65. The van der Waals surface area contributed by atoms with Crippen LogP contribution in [0, 0.1) is 11.3 Å². The highest BCUT2D eigenvalue weighted by molar-refractivity contribution is 5.95. The molecule has 58 heavy (non-hydrogen) atoms. The summed E-state index contributed by atoms with van der Waals surface area (Å²) in [5.74, 6) is -2.06. The van der Waals surface area contributed by atoms with Gasteiger partial charge in [0, 0.05) is 37.9 Å². The van der Waals surface area contributed by atoms with Gasteiger partial charge in [0.05, 0.1) is 0 Å². The Morgan fingerprint density at radius 3 is 1.76 bits per heavy atom. The van der Waals surface area contributed by atoms with Crippen molar-refractivity contribution in [1.82, 2.24) is 36.8 Å². The van der Waals surface area contributed by atoms with Gasteiger partial charge in [-0.15, -0.1) is 0 Å². The predicted octanol–water partition coefficient (Wildman–Crippen LogP) is 3.52. The van der Waals surface area contributed by atoms with Crippen molar-refractivity contribution in [3.05, 3.63) is 71.8 Å². The zero-order valence-corrected chi connectivity index (χ0v) is 34.6. The topological polar surface area (TPSA) is 207 Å². The van der Waals surface area contributed by atoms with Crippen LogP contribution in [0.1, 0.15) is 84.3 Å². The van der Waals surface area contributed by atoms with Gasteiger partial charge >= 0.3 is 12.2 Å². The number of nitrogens with one attached hydrogen (secondary N) is 6. The molecule has 2 aromatic rings. The van der Waals surface area contributed by atoms with E-state index in [0.29, 0.717) is 38.9 Å². The molecule has 6 amide bonds. The maximum absolute atomic E-state index is 14.2. The minimum Gasteiger partial charge on any atom is -0.465 e. The lowest BCUT2D eigenvalue weighted by Gasteiger charge is -2.53. The molecular weight excluding hydrogens is 743 g/mol. The van der Waals surface area contributed by atoms with Crippen molar-refractivity contribution >= 4 is 35.8 Å². The second-order valence-corrected chi connectivity index (χ2v) is 17.1. The number of nitrogens with zero attached hydrogens (tertiary/aromatic N) is 1. The van der Waals surface area contributed by atoms with Gasteiger partial charge in [0.15, 0.2) is 0 Å². The van der Waals surface area contributed by atoms with Crippen LogP contribution in [-0.2, 0) is 36.8 Å². The van der Waals surface area contributed by atoms with Gasteiger partial charge in [-0.1, -0.05) is 74.5 Å². The molecule has 2 fully saturated rings. The SMILES string of the molecule is CC(C)C[C@@H](NC(=O)[C@@H](Cc1ccccc1)NC(=O)[C@@H](Cc1ccccc1)NC(=O)O)C(=O)N[C@H](CCCCNC(=O)OC(C)(C)C)C(=O)N1CC2(CCNCC2)C1. The Kier molecular flexibility index (Phi) is 16.9. The fourth-order valence-corrected chi connectivity index (χ4v) is 7.44. The number of carbonyl (C=O) groups is 6. The normalized spacial score (nSPS) is 16.8. The first-order chi connectivity index (χ1) is 27.5. The Balaban J connectivity index is 1.49. The number of piperidine rings is 1. The van der Waals surface area contributed by atoms with Gasteiger partial charge in [-0.25, -0.2) is 9.59 Å². The third kappa shape index (κ3) is 15.0. The second-order valence-electron chi connectivity index (χ2n) is 17.1. The highest BCUT2D eigenvalue weighted by atomic mass is 16.6. The van der Waals surface area contributed by atoms with Gasteiger partial charge in [0.1, 0.15) is 29.8 Å². The van der Waals surface area contributed by atoms with Crippen molar-refractivity contribution in [2.24, 2.45) is 11.3 Å². The maximum Gasteiger partial charge on any atom is 0.407 e. The van der Waals surface area contributed by atoms with E-state index in [2.05, 4.69) is 31.9 Å². The van der Waals surface area contributed by atoms with Crippen LogP contribution in [0.5, 0.6) is 0 Å². The molecule has 0 aromatic heterocycles. The summed E-state index contributed by atoms with van der Waals surface area (Å²) in [7, 11) is 0. The quantitative estimate of drug-likeness (QED) is 0.104. The largest absolute Gasteiger partial charge is 0.465 e. The zero-order valence-electron chi connectivity index (χ0n) is 34.6. The molecule has 2 saturated heterocycles. The standard InChI is InChI=1S/C43H63N7O8/c1-29(2)24-33(47-37(52)34(25-30-14-8-6-9-15-30)48-38(53)35(49-40(55)56)26-31-16-10-7-11-17-31)36(51)46-32(18-12-13-21-45-41(57)58-42(3,4)5)39(54)50-27-43(28-50)19-22-44-23-20-43/h6-11,14-17,29,32-35,44,49H,12-13,18-28H2,1-5H3,(H,45,57)(H,46,51)(H,47,52)(H,48,53)(H,55,56)/t32-,33-,34-,35-/m1/s1. The number of alkyl carbamates (subject to hydrolysis) is 1. The number of amides is 6. The molecule has 0 saturated carbocycles. The molecule has 0 bridgehead atoms. The fourth-order valence-electron chi connectivity index (χ4n) is 7.44. The molecule has 2 heterocycles. The number of unbranched alkanes of at least 4 members (excludes halogenated alkanes) is 1. The number of ether oxygens (including phenoxy) is 1. The predicted molar refractivity (Wildman–Crippen MR) is 220 cm³/mol. The third-order valence-electron chi connectivity index (χ3n) is 10.4. The van der Waals surface area contributed by atoms with Gasteiger partial charge in [-0.3, -0.25) is 19.2 Å². The monoisotopic (exact) mass is 805 g/mol. The summed E-state index contributed by atoms with van der Waals surface area (Å²) in [6.45, 7) is 12.6. The van der Waals surface area contributed by atoms with Crippen LogP contribution in [0.3, 0.4) is 0 Å². The van der Waals surface area contributed by atoms with Crippen molar-refractivity contribution in [3.8, 4) is 0 Å². The van der Waals surface area contributed by atoms with Crippen LogP contribution >= 0.6 is 0 Å². The van der Waals surface area contributed by atoms with E-state index in [-0.39, 0.29) is 36.5 Å². The van der Waals surface area contributed by atoms with Crippen LogP contribution in [0.2, 0.25) is 0 Å². The van der Waals surface area contributed by atoms with Crippen LogP contribution < -0.4 is 31.9 Å². The molecule has 4 rings (SSSR count). The molecule has 0 radical (unpaired) electrons. The van der Waals surface area contributed by atoms with E-state index in [9.17, 15) is 33.9 Å². The Labute approximate surface area is 342 Å². The minimum absolute atomic E-state index is 0.0311. The summed E-state index contributed by atoms with van der Waals surface area (Å²) in [4.78, 5) is 81.7. The molecular formula is C43H63N7O8. The molecule has 318 valence electrons. The van der Waals surface area contributed by atoms with Crippen LogP contribution in [-0.4, -0.2) is 108 Å². The summed E-state index contributed by atoms with van der Waals surface area (Å²) in [6, 6.07) is 13.7. The van der Waals surface area contributed by atoms with Crippen molar-refractivity contribution in [1.29, 1.82) is 0 Å². The van der Waals surface area contributed by atoms with E-state index < -0.39 is 59.7 Å². The average Bonchev–Trinajstić information content (AvgIpc) is 3.15. The Bertz CT molecular complexity index is 1670. The molecule has 7 N–H and O–H groups in total. The highest BCUT2D eigenvalue weighted by Gasteiger charge is 2.47. The number of carboxylic acid groups (broad SMARTS) is 1. The van der Waals surface area contributed by atoms with Gasteiger partial charge in [0.25, 0.3) is 0 Å². The molecule has 2 aliphatic heterocycles. The van der Waals surface area contributed by atoms with Gasteiger partial charge in [-0.2, -0.15) is 0 Å². The lowest BCUT2D eigenvalue weighted by molar-refractivity contribution is -0.149. The Hall–Kier alpha value is -5.18. The molecule has 0 unspecified atom stereocenters. The summed E-state index contributed by atoms with van der Waals surface area (Å²) in [5.41, 5.74) is 0.916. The van der Waals surface area contributed by atoms with Crippen LogP contribution in [0.15, 0.2) is 60.7 Å². The number of likely N-dealkylation sites (tertiary alicyclic amines) is 1. The molecule has 15 nitrogen and oxygen atoms in total. The van der Waals surface area contributed by atoms with Gasteiger partial charge in [-0.05, 0) is 89.4 Å². The Morgan fingerprint density at radius 2 is 1.24 bits per heavy atom. The first-order valence-electron chi connectivity index (χ1n) is 20.5. The van der Waals surface area contributed by atoms with E-state index in [0.717, 1.165) is 37.1 Å². The smallest absolute Gasteiger partial charge is 0.407 e. The van der Waals surface area contributed by atoms with E-state index >= 15 is 0 Å². The van der Waals surface area contributed by atoms with E-state index in [1.54, 1.807) is 62.1 Å². The first-order valence-corrected chi connectivity index (χ1v) is 20.5. The number of hydrogen-bond acceptors (Lipinski definition) is 8. The summed E-state index contributed by atoms with van der Waals surface area (Å²) < 4.78 is 5.32. The molecule has 4 atom stereocenters. The second kappa shape index (κ2) is 21.5. The van der Waals surface area contributed by atoms with E-state index in [1.807, 2.05) is 38.1 Å². The summed E-state index contributed by atoms with van der Waals surface area (Å²) in [6.07, 6.45) is 1.81. The number of carbonyl (C=O) groups excluding carboxylic acids is 5. The van der Waals surface area contributed by atoms with Gasteiger partial charge in [0.2, 0.25) is 23.6 Å². The fraction of sp³-hybridized carbons (Fsp3) is 0.581. The number of benzene rings is 2. The average molecular weight is 806 g/mol. The maximum atomic E-state index is 14.2. The molecule has 15 heteroatoms. The van der Waals surface area contributed by atoms with Crippen molar-refractivity contribution < 1.29 is 38.6 Å². The van der Waals surface area contributed by atoms with Crippen molar-refractivity contribution in [3.63, 3.8) is 0 Å². The molecule has 1 spiro atoms. The molecule has 2 aliphatic rings. The number of rotatable bonds is 19. The number of hydrogen-bond donors (Lipinski definition) is 7. The van der Waals surface area contributed by atoms with E-state index in [4.69, 9.17) is 4.74 Å². The van der Waals surface area contributed by atoms with Crippen LogP contribution in [0.4, 0.5) is 9.59 Å². The zero-order chi connectivity index (χ0) is 42.3. The highest BCUT2D eigenvalue weighted by Crippen LogP contribution is 2.39. The molecule has 2 aromatic carbocycles. The summed E-state index contributed by atoms with van der Waals surface area (Å²) >= 11 is 0. The van der Waals surface area contributed by atoms with Crippen molar-refractivity contribution in [2.45, 2.75) is 116 Å². The lowest BCUT2D eigenvalue weighted by atomic mass is 9.72. The molecule has 0 aliphatic carbocycles. The third-order valence-corrected chi connectivity index (χ3v) is 10.4.